The fraction of sp³-hybridized carbons (Fsp3) is 0.423. The molecule has 1 aliphatic heterocycles. The van der Waals surface area contributed by atoms with E-state index in [0.29, 0.717) is 19.8 Å². The molecule has 4 aromatic rings. The minimum Gasteiger partial charge on any atom is -0.380 e. The molecule has 7 nitrogen and oxygen atoms in total. The summed E-state index contributed by atoms with van der Waals surface area (Å²) in [5.41, 5.74) is 5.52. The van der Waals surface area contributed by atoms with Crippen LogP contribution in [0.25, 0.3) is 33.7 Å². The van der Waals surface area contributed by atoms with Gasteiger partial charge >= 0.3 is 0 Å². The van der Waals surface area contributed by atoms with Crippen LogP contribution in [0.3, 0.4) is 0 Å². The molecular formula is C26H32N6O. The van der Waals surface area contributed by atoms with Crippen molar-refractivity contribution in [2.75, 3.05) is 31.2 Å². The van der Waals surface area contributed by atoms with E-state index in [-0.39, 0.29) is 0 Å². The van der Waals surface area contributed by atoms with Gasteiger partial charge in [0.1, 0.15) is 0 Å². The Balaban J connectivity index is 1.50. The Hall–Kier alpha value is -3.19. The molecule has 2 aromatic carbocycles. The average Bonchev–Trinajstić information content (AvgIpc) is 3.60. The molecule has 172 valence electrons. The highest BCUT2D eigenvalue weighted by atomic mass is 16.5. The predicted molar refractivity (Wildman–Crippen MR) is 132 cm³/mol. The number of H-pyrrole nitrogens is 1. The van der Waals surface area contributed by atoms with E-state index < -0.39 is 0 Å². The summed E-state index contributed by atoms with van der Waals surface area (Å²) in [5.74, 6) is 1.61. The standard InChI is InChI=1S/C26H32N6O/c1-3-7-23-22-18-20(10-13-24(22)29-28-23)26-27-25(30-32(26)16-17-33-4-2)19-8-11-21(12-9-19)31-14-5-6-15-31/h8-13,18H,3-7,14-17H2,1-2H3,(H,28,29). The van der Waals surface area contributed by atoms with Gasteiger partial charge in [0.2, 0.25) is 0 Å². The van der Waals surface area contributed by atoms with E-state index in [0.717, 1.165) is 59.6 Å². The van der Waals surface area contributed by atoms with Crippen LogP contribution in [0, 0.1) is 0 Å². The fourth-order valence-corrected chi connectivity index (χ4v) is 4.57. The van der Waals surface area contributed by atoms with Crippen molar-refractivity contribution in [1.29, 1.82) is 0 Å². The summed E-state index contributed by atoms with van der Waals surface area (Å²) < 4.78 is 7.59. The number of aromatic amines is 1. The summed E-state index contributed by atoms with van der Waals surface area (Å²) in [5, 5.41) is 13.7. The van der Waals surface area contributed by atoms with Crippen LogP contribution in [0.1, 0.15) is 38.8 Å². The highest BCUT2D eigenvalue weighted by Crippen LogP contribution is 2.28. The van der Waals surface area contributed by atoms with E-state index in [2.05, 4.69) is 64.5 Å². The zero-order chi connectivity index (χ0) is 22.6. The number of aromatic nitrogens is 5. The molecule has 0 radical (unpaired) electrons. The van der Waals surface area contributed by atoms with Gasteiger partial charge in [0.15, 0.2) is 11.6 Å². The van der Waals surface area contributed by atoms with Crippen LogP contribution in [0.15, 0.2) is 42.5 Å². The largest absolute Gasteiger partial charge is 0.380 e. The van der Waals surface area contributed by atoms with E-state index >= 15 is 0 Å². The molecule has 7 heteroatoms. The predicted octanol–water partition coefficient (Wildman–Crippen LogP) is 5.08. The van der Waals surface area contributed by atoms with Crippen LogP contribution in [-0.4, -0.2) is 51.3 Å². The molecule has 3 heterocycles. The van der Waals surface area contributed by atoms with Gasteiger partial charge in [0, 0.05) is 47.6 Å². The number of anilines is 1. The molecular weight excluding hydrogens is 412 g/mol. The van der Waals surface area contributed by atoms with Gasteiger partial charge in [-0.1, -0.05) is 13.3 Å². The molecule has 2 aromatic heterocycles. The molecule has 1 aliphatic rings. The van der Waals surface area contributed by atoms with Crippen molar-refractivity contribution < 1.29 is 4.74 Å². The third-order valence-corrected chi connectivity index (χ3v) is 6.31. The monoisotopic (exact) mass is 444 g/mol. The Labute approximate surface area is 194 Å². The van der Waals surface area contributed by atoms with Crippen LogP contribution in [0.2, 0.25) is 0 Å². The third kappa shape index (κ3) is 4.50. The van der Waals surface area contributed by atoms with Crippen molar-refractivity contribution in [1.82, 2.24) is 25.0 Å². The fourth-order valence-electron chi connectivity index (χ4n) is 4.57. The molecule has 5 rings (SSSR count). The van der Waals surface area contributed by atoms with Gasteiger partial charge in [-0.15, -0.1) is 0 Å². The highest BCUT2D eigenvalue weighted by Gasteiger charge is 2.17. The van der Waals surface area contributed by atoms with Crippen LogP contribution >= 0.6 is 0 Å². The van der Waals surface area contributed by atoms with Crippen LogP contribution < -0.4 is 4.90 Å². The normalized spacial score (nSPS) is 13.9. The third-order valence-electron chi connectivity index (χ3n) is 6.31. The Morgan fingerprint density at radius 2 is 1.79 bits per heavy atom. The summed E-state index contributed by atoms with van der Waals surface area (Å²) in [6, 6.07) is 15.0. The maximum Gasteiger partial charge on any atom is 0.181 e. The second-order valence-corrected chi connectivity index (χ2v) is 8.60. The molecule has 0 unspecified atom stereocenters. The van der Waals surface area contributed by atoms with Gasteiger partial charge in [0.05, 0.1) is 18.7 Å². The van der Waals surface area contributed by atoms with Crippen molar-refractivity contribution >= 4 is 16.6 Å². The lowest BCUT2D eigenvalue weighted by Crippen LogP contribution is -2.17. The van der Waals surface area contributed by atoms with E-state index in [4.69, 9.17) is 14.8 Å². The molecule has 1 saturated heterocycles. The number of aryl methyl sites for hydroxylation is 1. The summed E-state index contributed by atoms with van der Waals surface area (Å²) in [7, 11) is 0. The Bertz CT molecular complexity index is 1200. The summed E-state index contributed by atoms with van der Waals surface area (Å²) in [4.78, 5) is 7.42. The molecule has 0 aliphatic carbocycles. The first kappa shape index (κ1) is 21.6. The zero-order valence-electron chi connectivity index (χ0n) is 19.5. The molecule has 1 N–H and O–H groups in total. The number of fused-ring (bicyclic) bond motifs is 1. The number of hydrogen-bond acceptors (Lipinski definition) is 5. The lowest BCUT2D eigenvalue weighted by atomic mass is 10.1. The average molecular weight is 445 g/mol. The van der Waals surface area contributed by atoms with Gasteiger partial charge in [0.25, 0.3) is 0 Å². The number of rotatable bonds is 9. The number of nitrogens with zero attached hydrogens (tertiary/aromatic N) is 5. The molecule has 33 heavy (non-hydrogen) atoms. The Morgan fingerprint density at radius 3 is 2.55 bits per heavy atom. The van der Waals surface area contributed by atoms with Gasteiger partial charge in [-0.05, 0) is 68.7 Å². The van der Waals surface area contributed by atoms with Crippen LogP contribution in [0.5, 0.6) is 0 Å². The Kier molecular flexibility index (Phi) is 6.39. The topological polar surface area (TPSA) is 71.9 Å². The van der Waals surface area contributed by atoms with E-state index in [9.17, 15) is 0 Å². The second kappa shape index (κ2) is 9.75. The summed E-state index contributed by atoms with van der Waals surface area (Å²) in [6.07, 6.45) is 4.60. The number of benzene rings is 2. The quantitative estimate of drug-likeness (QED) is 0.365. The van der Waals surface area contributed by atoms with Gasteiger partial charge in [-0.2, -0.15) is 10.2 Å². The maximum absolute atomic E-state index is 5.62. The SMILES string of the molecule is CCCc1[nH]nc2ccc(-c3nc(-c4ccc(N5CCCC5)cc4)nn3CCOCC)cc12. The van der Waals surface area contributed by atoms with Crippen molar-refractivity contribution in [3.05, 3.63) is 48.2 Å². The van der Waals surface area contributed by atoms with Crippen molar-refractivity contribution in [2.24, 2.45) is 0 Å². The molecule has 0 atom stereocenters. The lowest BCUT2D eigenvalue weighted by Gasteiger charge is -2.17. The smallest absolute Gasteiger partial charge is 0.181 e. The van der Waals surface area contributed by atoms with Crippen molar-refractivity contribution in [3.63, 3.8) is 0 Å². The van der Waals surface area contributed by atoms with E-state index in [1.54, 1.807) is 0 Å². The van der Waals surface area contributed by atoms with Gasteiger partial charge in [-0.25, -0.2) is 9.67 Å². The number of nitrogens with one attached hydrogen (secondary N) is 1. The second-order valence-electron chi connectivity index (χ2n) is 8.60. The van der Waals surface area contributed by atoms with Crippen LogP contribution in [0.4, 0.5) is 5.69 Å². The van der Waals surface area contributed by atoms with Gasteiger partial charge < -0.3 is 9.64 Å². The van der Waals surface area contributed by atoms with Crippen molar-refractivity contribution in [3.8, 4) is 22.8 Å². The minimum absolute atomic E-state index is 0.606. The zero-order valence-corrected chi connectivity index (χ0v) is 19.5. The number of ether oxygens (including phenoxy) is 1. The lowest BCUT2D eigenvalue weighted by molar-refractivity contribution is 0.136. The van der Waals surface area contributed by atoms with E-state index in [1.165, 1.54) is 24.2 Å². The van der Waals surface area contributed by atoms with E-state index in [1.807, 2.05) is 11.6 Å². The first-order chi connectivity index (χ1) is 16.3. The molecule has 0 bridgehead atoms. The maximum atomic E-state index is 5.62. The minimum atomic E-state index is 0.606. The molecule has 0 saturated carbocycles. The molecule has 1 fully saturated rings. The number of hydrogen-bond donors (Lipinski definition) is 1. The molecule has 0 spiro atoms. The van der Waals surface area contributed by atoms with Crippen LogP contribution in [-0.2, 0) is 17.7 Å². The Morgan fingerprint density at radius 1 is 1.00 bits per heavy atom. The van der Waals surface area contributed by atoms with Gasteiger partial charge in [-0.3, -0.25) is 5.10 Å². The van der Waals surface area contributed by atoms with Crippen molar-refractivity contribution in [2.45, 2.75) is 46.1 Å². The molecule has 0 amide bonds. The first-order valence-electron chi connectivity index (χ1n) is 12.1. The highest BCUT2D eigenvalue weighted by molar-refractivity contribution is 5.85. The summed E-state index contributed by atoms with van der Waals surface area (Å²) >= 11 is 0. The summed E-state index contributed by atoms with van der Waals surface area (Å²) in [6.45, 7) is 8.44. The first-order valence-corrected chi connectivity index (χ1v) is 12.1.